The van der Waals surface area contributed by atoms with Gasteiger partial charge >= 0.3 is 0 Å². The first kappa shape index (κ1) is 14.2. The zero-order valence-electron chi connectivity index (χ0n) is 11.4. The quantitative estimate of drug-likeness (QED) is 0.944. The van der Waals surface area contributed by atoms with Crippen molar-refractivity contribution < 1.29 is 4.39 Å². The Morgan fingerprint density at radius 1 is 1.35 bits per heavy atom. The lowest BCUT2D eigenvalue weighted by molar-refractivity contribution is 0.268. The number of rotatable bonds is 3. The summed E-state index contributed by atoms with van der Waals surface area (Å²) in [6.07, 6.45) is 0. The Morgan fingerprint density at radius 3 is 2.85 bits per heavy atom. The van der Waals surface area contributed by atoms with Gasteiger partial charge in [-0.2, -0.15) is 23.5 Å². The second kappa shape index (κ2) is 6.37. The molecule has 2 heterocycles. The molecule has 0 saturated carbocycles. The number of thioether (sulfide) groups is 2. The van der Waals surface area contributed by atoms with Crippen molar-refractivity contribution in [2.45, 2.75) is 12.6 Å². The van der Waals surface area contributed by atoms with E-state index in [1.165, 1.54) is 35.1 Å². The van der Waals surface area contributed by atoms with Gasteiger partial charge < -0.3 is 4.98 Å². The standard InChI is InChI=1S/C14H18FN3S2/c1-18(11-8-19-4-5-20-9-11)7-14-16-12-3-2-10(15)6-13(12)17-14/h2-3,6,11H,4-5,7-9H2,1H3,(H,16,17). The Hall–Kier alpha value is -0.720. The lowest BCUT2D eigenvalue weighted by Gasteiger charge is -2.25. The fourth-order valence-corrected chi connectivity index (χ4v) is 5.05. The summed E-state index contributed by atoms with van der Waals surface area (Å²) in [7, 11) is 2.14. The molecule has 2 aromatic rings. The van der Waals surface area contributed by atoms with Crippen LogP contribution in [0.2, 0.25) is 0 Å². The molecule has 0 unspecified atom stereocenters. The summed E-state index contributed by atoms with van der Waals surface area (Å²) < 4.78 is 13.2. The van der Waals surface area contributed by atoms with Gasteiger partial charge in [-0.25, -0.2) is 9.37 Å². The molecule has 1 N–H and O–H groups in total. The smallest absolute Gasteiger partial charge is 0.125 e. The molecule has 6 heteroatoms. The van der Waals surface area contributed by atoms with Crippen molar-refractivity contribution in [3.63, 3.8) is 0 Å². The molecule has 1 saturated heterocycles. The van der Waals surface area contributed by atoms with E-state index in [2.05, 4.69) is 21.9 Å². The zero-order valence-corrected chi connectivity index (χ0v) is 13.1. The molecule has 0 amide bonds. The van der Waals surface area contributed by atoms with Gasteiger partial charge in [-0.15, -0.1) is 0 Å². The van der Waals surface area contributed by atoms with Gasteiger partial charge in [-0.3, -0.25) is 4.90 Å². The van der Waals surface area contributed by atoms with Crippen molar-refractivity contribution >= 4 is 34.6 Å². The third-order valence-corrected chi connectivity index (χ3v) is 5.99. The van der Waals surface area contributed by atoms with E-state index in [9.17, 15) is 4.39 Å². The molecule has 1 aliphatic rings. The molecule has 0 radical (unpaired) electrons. The molecule has 0 spiro atoms. The maximum absolute atomic E-state index is 13.2. The van der Waals surface area contributed by atoms with Crippen molar-refractivity contribution in [3.05, 3.63) is 29.8 Å². The lowest BCUT2D eigenvalue weighted by atomic mass is 10.3. The van der Waals surface area contributed by atoms with Crippen molar-refractivity contribution in [1.82, 2.24) is 14.9 Å². The molecule has 108 valence electrons. The molecule has 0 atom stereocenters. The summed E-state index contributed by atoms with van der Waals surface area (Å²) >= 11 is 4.05. The maximum Gasteiger partial charge on any atom is 0.125 e. The van der Waals surface area contributed by atoms with E-state index in [1.54, 1.807) is 6.07 Å². The first-order valence-electron chi connectivity index (χ1n) is 6.72. The van der Waals surface area contributed by atoms with E-state index in [0.29, 0.717) is 6.04 Å². The fraction of sp³-hybridized carbons (Fsp3) is 0.500. The SMILES string of the molecule is CN(Cc1nc2ccc(F)cc2[nH]1)C1CSCCSC1. The van der Waals surface area contributed by atoms with Crippen LogP contribution in [0.1, 0.15) is 5.82 Å². The average molecular weight is 311 g/mol. The van der Waals surface area contributed by atoms with Crippen LogP contribution in [0, 0.1) is 5.82 Å². The number of imidazole rings is 1. The molecular weight excluding hydrogens is 293 g/mol. The van der Waals surface area contributed by atoms with Crippen molar-refractivity contribution in [3.8, 4) is 0 Å². The third kappa shape index (κ3) is 3.30. The van der Waals surface area contributed by atoms with Crippen LogP contribution >= 0.6 is 23.5 Å². The first-order chi connectivity index (χ1) is 9.72. The number of benzene rings is 1. The Kier molecular flexibility index (Phi) is 4.53. The van der Waals surface area contributed by atoms with Gasteiger partial charge in [-0.1, -0.05) is 0 Å². The van der Waals surface area contributed by atoms with E-state index in [-0.39, 0.29) is 5.82 Å². The van der Waals surface area contributed by atoms with E-state index in [0.717, 1.165) is 23.4 Å². The second-order valence-electron chi connectivity index (χ2n) is 5.06. The van der Waals surface area contributed by atoms with Crippen molar-refractivity contribution in [1.29, 1.82) is 0 Å². The van der Waals surface area contributed by atoms with Gasteiger partial charge in [0.1, 0.15) is 11.6 Å². The summed E-state index contributed by atoms with van der Waals surface area (Å²) in [5.74, 6) is 5.54. The average Bonchev–Trinajstić information content (AvgIpc) is 2.64. The van der Waals surface area contributed by atoms with E-state index < -0.39 is 0 Å². The second-order valence-corrected chi connectivity index (χ2v) is 7.36. The minimum absolute atomic E-state index is 0.224. The van der Waals surface area contributed by atoms with Gasteiger partial charge in [0.15, 0.2) is 0 Å². The molecular formula is C14H18FN3S2. The van der Waals surface area contributed by atoms with Crippen LogP contribution in [-0.2, 0) is 6.54 Å². The van der Waals surface area contributed by atoms with E-state index in [1.807, 2.05) is 23.5 Å². The molecule has 1 aliphatic heterocycles. The number of nitrogens with one attached hydrogen (secondary N) is 1. The Labute approximate surface area is 126 Å². The number of aromatic amines is 1. The Bertz CT molecular complexity index is 579. The number of H-pyrrole nitrogens is 1. The zero-order chi connectivity index (χ0) is 13.9. The van der Waals surface area contributed by atoms with Gasteiger partial charge in [-0.05, 0) is 25.2 Å². The molecule has 1 fully saturated rings. The monoisotopic (exact) mass is 311 g/mol. The van der Waals surface area contributed by atoms with Gasteiger partial charge in [0.2, 0.25) is 0 Å². The number of fused-ring (bicyclic) bond motifs is 1. The van der Waals surface area contributed by atoms with Crippen LogP contribution < -0.4 is 0 Å². The van der Waals surface area contributed by atoms with Gasteiger partial charge in [0.05, 0.1) is 17.6 Å². The summed E-state index contributed by atoms with van der Waals surface area (Å²) in [5, 5.41) is 0. The predicted octanol–water partition coefficient (Wildman–Crippen LogP) is 2.98. The number of nitrogens with zero attached hydrogens (tertiary/aromatic N) is 2. The minimum Gasteiger partial charge on any atom is -0.341 e. The largest absolute Gasteiger partial charge is 0.341 e. The highest BCUT2D eigenvalue weighted by Crippen LogP contribution is 2.21. The highest BCUT2D eigenvalue weighted by atomic mass is 32.2. The van der Waals surface area contributed by atoms with Crippen LogP contribution in [0.4, 0.5) is 4.39 Å². The van der Waals surface area contributed by atoms with Crippen LogP contribution in [0.25, 0.3) is 11.0 Å². The highest BCUT2D eigenvalue weighted by Gasteiger charge is 2.18. The topological polar surface area (TPSA) is 31.9 Å². The highest BCUT2D eigenvalue weighted by molar-refractivity contribution is 8.03. The number of hydrogen-bond acceptors (Lipinski definition) is 4. The van der Waals surface area contributed by atoms with Crippen LogP contribution in [0.5, 0.6) is 0 Å². The molecule has 20 heavy (non-hydrogen) atoms. The number of hydrogen-bond donors (Lipinski definition) is 1. The number of aromatic nitrogens is 2. The van der Waals surface area contributed by atoms with Crippen molar-refractivity contribution in [2.75, 3.05) is 30.1 Å². The minimum atomic E-state index is -0.224. The summed E-state index contributed by atoms with van der Waals surface area (Å²) in [6.45, 7) is 0.780. The molecule has 0 aliphatic carbocycles. The first-order valence-corrected chi connectivity index (χ1v) is 9.03. The Morgan fingerprint density at radius 2 is 2.10 bits per heavy atom. The van der Waals surface area contributed by atoms with Crippen LogP contribution in [0.15, 0.2) is 18.2 Å². The van der Waals surface area contributed by atoms with E-state index >= 15 is 0 Å². The molecule has 3 rings (SSSR count). The fourth-order valence-electron chi connectivity index (χ4n) is 2.33. The molecule has 1 aromatic carbocycles. The summed E-state index contributed by atoms with van der Waals surface area (Å²) in [5.41, 5.74) is 1.61. The summed E-state index contributed by atoms with van der Waals surface area (Å²) in [4.78, 5) is 10.1. The lowest BCUT2D eigenvalue weighted by Crippen LogP contribution is -2.35. The third-order valence-electron chi connectivity index (χ3n) is 3.51. The van der Waals surface area contributed by atoms with Gasteiger partial charge in [0, 0.05) is 29.1 Å². The Balaban J connectivity index is 1.71. The van der Waals surface area contributed by atoms with Gasteiger partial charge in [0.25, 0.3) is 0 Å². The molecule has 3 nitrogen and oxygen atoms in total. The number of halogens is 1. The van der Waals surface area contributed by atoms with E-state index in [4.69, 9.17) is 0 Å². The summed E-state index contributed by atoms with van der Waals surface area (Å²) in [6, 6.07) is 5.26. The normalized spacial score (nSPS) is 17.8. The molecule has 1 aromatic heterocycles. The predicted molar refractivity (Wildman–Crippen MR) is 86.0 cm³/mol. The van der Waals surface area contributed by atoms with Crippen LogP contribution in [0.3, 0.4) is 0 Å². The van der Waals surface area contributed by atoms with Crippen molar-refractivity contribution in [2.24, 2.45) is 0 Å². The van der Waals surface area contributed by atoms with Crippen LogP contribution in [-0.4, -0.2) is 51.0 Å². The maximum atomic E-state index is 13.2. The molecule has 0 bridgehead atoms.